The fraction of sp³-hybridized carbons (Fsp3) is 0.900. The van der Waals surface area contributed by atoms with Crippen molar-refractivity contribution in [1.29, 1.82) is 0 Å². The molecule has 1 aliphatic heterocycles. The third-order valence-corrected chi connectivity index (χ3v) is 7.20. The zero-order chi connectivity index (χ0) is 11.5. The maximum Gasteiger partial charge on any atom is 0.317 e. The third kappa shape index (κ3) is 3.20. The van der Waals surface area contributed by atoms with Crippen LogP contribution in [0.2, 0.25) is 18.6 Å². The normalized spacial score (nSPS) is 19.2. The Morgan fingerprint density at radius 3 is 2.73 bits per heavy atom. The van der Waals surface area contributed by atoms with Gasteiger partial charge in [0.1, 0.15) is 0 Å². The van der Waals surface area contributed by atoms with Crippen LogP contribution in [-0.4, -0.2) is 46.0 Å². The first-order chi connectivity index (χ1) is 6.97. The van der Waals surface area contributed by atoms with Gasteiger partial charge >= 0.3 is 6.03 Å². The van der Waals surface area contributed by atoms with Gasteiger partial charge in [0.25, 0.3) is 0 Å². The van der Waals surface area contributed by atoms with E-state index >= 15 is 0 Å². The lowest BCUT2D eigenvalue weighted by molar-refractivity contribution is 0.216. The molecule has 4 nitrogen and oxygen atoms in total. The van der Waals surface area contributed by atoms with Gasteiger partial charge in [-0.2, -0.15) is 0 Å². The molecule has 0 aromatic heterocycles. The predicted molar refractivity (Wildman–Crippen MR) is 63.5 cm³/mol. The molecule has 1 atom stereocenters. The Balaban J connectivity index is 2.33. The fourth-order valence-corrected chi connectivity index (χ4v) is 2.85. The van der Waals surface area contributed by atoms with E-state index in [0.29, 0.717) is 5.54 Å². The van der Waals surface area contributed by atoms with Crippen molar-refractivity contribution in [3.8, 4) is 0 Å². The number of rotatable bonds is 5. The zero-order valence-electron chi connectivity index (χ0n) is 10.2. The summed E-state index contributed by atoms with van der Waals surface area (Å²) >= 11 is 0. The first-order valence-electron chi connectivity index (χ1n) is 5.55. The molecule has 0 aliphatic carbocycles. The minimum Gasteiger partial charge on any atom is -0.420 e. The van der Waals surface area contributed by atoms with Crippen LogP contribution in [0.25, 0.3) is 0 Å². The summed E-state index contributed by atoms with van der Waals surface area (Å²) in [6, 6.07) is 0.0825. The highest BCUT2D eigenvalue weighted by molar-refractivity contribution is 6.72. The lowest BCUT2D eigenvalue weighted by Gasteiger charge is -2.28. The van der Waals surface area contributed by atoms with Crippen LogP contribution in [0, 0.1) is 0 Å². The second-order valence-electron chi connectivity index (χ2n) is 4.72. The van der Waals surface area contributed by atoms with E-state index < -0.39 is 8.32 Å². The lowest BCUT2D eigenvalue weighted by atomic mass is 10.3. The van der Waals surface area contributed by atoms with Gasteiger partial charge in [-0.1, -0.05) is 6.92 Å². The highest BCUT2D eigenvalue weighted by Crippen LogP contribution is 2.25. The topological polar surface area (TPSA) is 41.6 Å². The molecule has 5 heteroatoms. The van der Waals surface area contributed by atoms with Crippen LogP contribution in [0.5, 0.6) is 0 Å². The molecule has 1 saturated heterocycles. The summed E-state index contributed by atoms with van der Waals surface area (Å²) in [7, 11) is 0.264. The molecule has 1 fully saturated rings. The van der Waals surface area contributed by atoms with Gasteiger partial charge in [-0.05, 0) is 25.1 Å². The van der Waals surface area contributed by atoms with Crippen LogP contribution in [0.1, 0.15) is 13.3 Å². The first-order valence-corrected chi connectivity index (χ1v) is 8.54. The quantitative estimate of drug-likeness (QED) is 0.730. The van der Waals surface area contributed by atoms with Crippen LogP contribution in [0.3, 0.4) is 0 Å². The van der Waals surface area contributed by atoms with Crippen molar-refractivity contribution < 1.29 is 9.22 Å². The lowest BCUT2D eigenvalue weighted by Crippen LogP contribution is -2.37. The number of carbonyl (C=O) groups is 1. The van der Waals surface area contributed by atoms with Crippen LogP contribution < -0.4 is 5.32 Å². The summed E-state index contributed by atoms with van der Waals surface area (Å²) in [6.07, 6.45) is 1.04. The number of nitrogens with zero attached hydrogens (tertiary/aromatic N) is 1. The molecule has 0 aromatic carbocycles. The van der Waals surface area contributed by atoms with Crippen molar-refractivity contribution in [3.05, 3.63) is 0 Å². The van der Waals surface area contributed by atoms with Crippen LogP contribution in [0.4, 0.5) is 4.79 Å². The van der Waals surface area contributed by atoms with Crippen molar-refractivity contribution in [2.24, 2.45) is 0 Å². The summed E-state index contributed by atoms with van der Waals surface area (Å²) in [5.41, 5.74) is 0.580. The Kier molecular flexibility index (Phi) is 4.16. The average molecular weight is 230 g/mol. The second-order valence-corrected chi connectivity index (χ2v) is 9.32. The van der Waals surface area contributed by atoms with E-state index in [1.54, 1.807) is 7.11 Å². The molecule has 0 radical (unpaired) electrons. The zero-order valence-corrected chi connectivity index (χ0v) is 11.2. The van der Waals surface area contributed by atoms with E-state index in [0.717, 1.165) is 26.1 Å². The van der Waals surface area contributed by atoms with Gasteiger partial charge in [0.05, 0.1) is 0 Å². The van der Waals surface area contributed by atoms with Gasteiger partial charge in [-0.25, -0.2) is 4.79 Å². The second kappa shape index (κ2) is 4.98. The molecule has 1 aliphatic rings. The Labute approximate surface area is 93.1 Å². The van der Waals surface area contributed by atoms with Crippen LogP contribution in [-0.2, 0) is 4.43 Å². The smallest absolute Gasteiger partial charge is 0.317 e. The molecule has 2 amide bonds. The molecule has 0 spiro atoms. The van der Waals surface area contributed by atoms with E-state index in [2.05, 4.69) is 25.3 Å². The van der Waals surface area contributed by atoms with E-state index in [1.165, 1.54) is 0 Å². The molecule has 0 saturated carbocycles. The van der Waals surface area contributed by atoms with Crippen LogP contribution in [0.15, 0.2) is 0 Å². The van der Waals surface area contributed by atoms with Crippen molar-refractivity contribution in [2.75, 3.05) is 26.7 Å². The number of urea groups is 1. The SMILES string of the molecule is CO[Si](C)(C)C(C)CCN1CCNC1=O. The highest BCUT2D eigenvalue weighted by atomic mass is 28.4. The molecule has 0 aromatic rings. The number of hydrogen-bond acceptors (Lipinski definition) is 2. The average Bonchev–Trinajstić information content (AvgIpc) is 2.60. The van der Waals surface area contributed by atoms with Gasteiger partial charge in [0.15, 0.2) is 8.32 Å². The van der Waals surface area contributed by atoms with Gasteiger partial charge in [0.2, 0.25) is 0 Å². The van der Waals surface area contributed by atoms with E-state index in [1.807, 2.05) is 4.90 Å². The standard InChI is InChI=1S/C10H22N2O2Si/c1-9(15(3,4)14-2)5-7-12-8-6-11-10(12)13/h9H,5-8H2,1-4H3,(H,11,13). The molecule has 88 valence electrons. The Hall–Kier alpha value is -0.553. The molecule has 1 N–H and O–H groups in total. The van der Waals surface area contributed by atoms with Gasteiger partial charge in [-0.15, -0.1) is 0 Å². The minimum atomic E-state index is -1.53. The Bertz CT molecular complexity index is 233. The predicted octanol–water partition coefficient (Wildman–Crippen LogP) is 1.64. The van der Waals surface area contributed by atoms with E-state index in [4.69, 9.17) is 4.43 Å². The van der Waals surface area contributed by atoms with Gasteiger partial charge in [0, 0.05) is 26.7 Å². The largest absolute Gasteiger partial charge is 0.420 e. The number of amides is 2. The maximum absolute atomic E-state index is 11.3. The first kappa shape index (κ1) is 12.5. The minimum absolute atomic E-state index is 0.0825. The van der Waals surface area contributed by atoms with Crippen molar-refractivity contribution in [2.45, 2.75) is 32.0 Å². The third-order valence-electron chi connectivity index (χ3n) is 3.49. The molecule has 0 bridgehead atoms. The Morgan fingerprint density at radius 1 is 1.60 bits per heavy atom. The maximum atomic E-state index is 11.3. The molecular weight excluding hydrogens is 208 g/mol. The number of carbonyl (C=O) groups excluding carboxylic acids is 1. The van der Waals surface area contributed by atoms with Crippen molar-refractivity contribution in [1.82, 2.24) is 10.2 Å². The van der Waals surface area contributed by atoms with Crippen LogP contribution >= 0.6 is 0 Å². The monoisotopic (exact) mass is 230 g/mol. The summed E-state index contributed by atoms with van der Waals surface area (Å²) in [4.78, 5) is 13.2. The fourth-order valence-electron chi connectivity index (χ4n) is 1.62. The molecular formula is C10H22N2O2Si. The van der Waals surface area contributed by atoms with Gasteiger partial charge < -0.3 is 14.6 Å². The van der Waals surface area contributed by atoms with E-state index in [9.17, 15) is 4.79 Å². The number of hydrogen-bond donors (Lipinski definition) is 1. The summed E-state index contributed by atoms with van der Waals surface area (Å²) in [5.74, 6) is 0. The molecule has 15 heavy (non-hydrogen) atoms. The highest BCUT2D eigenvalue weighted by Gasteiger charge is 2.30. The summed E-state index contributed by atoms with van der Waals surface area (Å²) < 4.78 is 5.56. The summed E-state index contributed by atoms with van der Waals surface area (Å²) in [6.45, 7) is 9.17. The van der Waals surface area contributed by atoms with Crippen molar-refractivity contribution >= 4 is 14.3 Å². The molecule has 1 rings (SSSR count). The number of nitrogens with one attached hydrogen (secondary N) is 1. The van der Waals surface area contributed by atoms with Gasteiger partial charge in [-0.3, -0.25) is 0 Å². The van der Waals surface area contributed by atoms with E-state index in [-0.39, 0.29) is 6.03 Å². The molecule has 1 heterocycles. The molecule has 1 unspecified atom stereocenters. The Morgan fingerprint density at radius 2 is 2.27 bits per heavy atom. The van der Waals surface area contributed by atoms with Crippen molar-refractivity contribution in [3.63, 3.8) is 0 Å². The summed E-state index contributed by atoms with van der Waals surface area (Å²) in [5, 5.41) is 2.81.